The number of hydrogen-bond acceptors (Lipinski definition) is 3. The topological polar surface area (TPSA) is 66.0 Å². The molecule has 0 aliphatic carbocycles. The molecule has 2 N–H and O–H groups in total. The number of halogens is 1. The molecule has 0 unspecified atom stereocenters. The Morgan fingerprint density at radius 2 is 1.84 bits per heavy atom. The Morgan fingerprint density at radius 3 is 2.37 bits per heavy atom. The van der Waals surface area contributed by atoms with Crippen LogP contribution in [0, 0.1) is 0 Å². The zero-order valence-electron chi connectivity index (χ0n) is 12.4. The van der Waals surface area contributed by atoms with Gasteiger partial charge < -0.3 is 20.3 Å². The van der Waals surface area contributed by atoms with Crippen LogP contribution in [0.3, 0.4) is 0 Å². The highest BCUT2D eigenvalue weighted by atomic mass is 127. The highest BCUT2D eigenvalue weighted by Crippen LogP contribution is 1.82. The highest BCUT2D eigenvalue weighted by Gasteiger charge is 2.03. The number of ether oxygens (including phenoxy) is 1. The second-order valence-electron chi connectivity index (χ2n) is 4.00. The molecule has 0 saturated carbocycles. The third-order valence-corrected chi connectivity index (χ3v) is 2.16. The fraction of sp³-hybridized carbons (Fsp3) is 0.833. The Bertz CT molecular complexity index is 260. The summed E-state index contributed by atoms with van der Waals surface area (Å²) in [6.07, 6.45) is 1.01. The van der Waals surface area contributed by atoms with Crippen LogP contribution in [0.4, 0.5) is 0 Å². The lowest BCUT2D eigenvalue weighted by Crippen LogP contribution is -2.40. The monoisotopic (exact) mass is 386 g/mol. The largest absolute Gasteiger partial charge is 0.380 e. The predicted molar refractivity (Wildman–Crippen MR) is 89.2 cm³/mol. The number of amides is 1. The van der Waals surface area contributed by atoms with Crippen LogP contribution < -0.4 is 10.6 Å². The van der Waals surface area contributed by atoms with Crippen LogP contribution in [0.2, 0.25) is 0 Å². The van der Waals surface area contributed by atoms with Gasteiger partial charge >= 0.3 is 0 Å². The van der Waals surface area contributed by atoms with E-state index < -0.39 is 0 Å². The summed E-state index contributed by atoms with van der Waals surface area (Å²) >= 11 is 0. The van der Waals surface area contributed by atoms with E-state index in [1.807, 2.05) is 6.92 Å². The van der Waals surface area contributed by atoms with Crippen molar-refractivity contribution in [2.24, 2.45) is 4.99 Å². The van der Waals surface area contributed by atoms with Crippen molar-refractivity contribution in [3.8, 4) is 0 Å². The standard InChI is InChI=1S/C12H26N4O2.HI/c1-5-7-13-12(14-8-9-18-6-2)15-10-11(17)16(3)4;/h5-10H2,1-4H3,(H2,13,14,15);1H. The zero-order valence-corrected chi connectivity index (χ0v) is 14.7. The van der Waals surface area contributed by atoms with Crippen molar-refractivity contribution in [3.05, 3.63) is 0 Å². The van der Waals surface area contributed by atoms with Crippen molar-refractivity contribution in [2.45, 2.75) is 20.3 Å². The maximum atomic E-state index is 11.4. The Labute approximate surface area is 133 Å². The first kappa shape index (κ1) is 20.7. The minimum absolute atomic E-state index is 0. The van der Waals surface area contributed by atoms with E-state index in [0.29, 0.717) is 25.7 Å². The molecule has 19 heavy (non-hydrogen) atoms. The molecule has 0 spiro atoms. The third-order valence-electron chi connectivity index (χ3n) is 2.16. The number of rotatable bonds is 8. The normalized spacial score (nSPS) is 10.6. The lowest BCUT2D eigenvalue weighted by molar-refractivity contribution is -0.127. The number of guanidine groups is 1. The van der Waals surface area contributed by atoms with Gasteiger partial charge in [0.15, 0.2) is 5.96 Å². The fourth-order valence-electron chi connectivity index (χ4n) is 1.09. The Balaban J connectivity index is 0. The SMILES string of the molecule is CCCNC(=NCC(=O)N(C)C)NCCOCC.I. The quantitative estimate of drug-likeness (QED) is 0.279. The first-order valence-corrected chi connectivity index (χ1v) is 6.41. The fourth-order valence-corrected chi connectivity index (χ4v) is 1.09. The van der Waals surface area contributed by atoms with Crippen molar-refractivity contribution >= 4 is 35.8 Å². The molecule has 6 nitrogen and oxygen atoms in total. The average Bonchev–Trinajstić information content (AvgIpc) is 2.36. The van der Waals surface area contributed by atoms with E-state index in [1.165, 1.54) is 4.90 Å². The van der Waals surface area contributed by atoms with E-state index in [0.717, 1.165) is 13.0 Å². The van der Waals surface area contributed by atoms with E-state index in [9.17, 15) is 4.79 Å². The summed E-state index contributed by atoms with van der Waals surface area (Å²) in [6, 6.07) is 0. The van der Waals surface area contributed by atoms with Crippen molar-refractivity contribution in [1.29, 1.82) is 0 Å². The van der Waals surface area contributed by atoms with Gasteiger partial charge in [0, 0.05) is 33.8 Å². The Morgan fingerprint density at radius 1 is 1.21 bits per heavy atom. The van der Waals surface area contributed by atoms with E-state index in [1.54, 1.807) is 14.1 Å². The van der Waals surface area contributed by atoms with Gasteiger partial charge in [-0.1, -0.05) is 6.92 Å². The van der Waals surface area contributed by atoms with Crippen LogP contribution in [0.1, 0.15) is 20.3 Å². The molecule has 114 valence electrons. The minimum atomic E-state index is -0.0163. The molecular weight excluding hydrogens is 359 g/mol. The third kappa shape index (κ3) is 12.2. The van der Waals surface area contributed by atoms with Crippen LogP contribution in [-0.2, 0) is 9.53 Å². The number of aliphatic imine (C=N–C) groups is 1. The van der Waals surface area contributed by atoms with Crippen molar-refractivity contribution in [3.63, 3.8) is 0 Å². The zero-order chi connectivity index (χ0) is 13.8. The molecule has 0 aliphatic heterocycles. The molecule has 0 bridgehead atoms. The molecule has 0 aromatic heterocycles. The predicted octanol–water partition coefficient (Wildman–Crippen LogP) is 0.674. The summed E-state index contributed by atoms with van der Waals surface area (Å²) in [7, 11) is 3.44. The maximum Gasteiger partial charge on any atom is 0.243 e. The number of nitrogens with one attached hydrogen (secondary N) is 2. The van der Waals surface area contributed by atoms with Gasteiger partial charge in [0.1, 0.15) is 6.54 Å². The van der Waals surface area contributed by atoms with Gasteiger partial charge in [0.2, 0.25) is 5.91 Å². The molecule has 0 aliphatic rings. The molecule has 7 heteroatoms. The second kappa shape index (κ2) is 13.9. The van der Waals surface area contributed by atoms with E-state index in [-0.39, 0.29) is 36.4 Å². The number of carbonyl (C=O) groups is 1. The van der Waals surface area contributed by atoms with Crippen molar-refractivity contribution < 1.29 is 9.53 Å². The van der Waals surface area contributed by atoms with E-state index in [4.69, 9.17) is 4.74 Å². The van der Waals surface area contributed by atoms with Gasteiger partial charge in [-0.15, -0.1) is 24.0 Å². The van der Waals surface area contributed by atoms with E-state index in [2.05, 4.69) is 22.5 Å². The molecule has 1 amide bonds. The molecule has 0 heterocycles. The first-order chi connectivity index (χ1) is 8.61. The molecule has 0 atom stereocenters. The molecule has 0 rings (SSSR count). The molecular formula is C12H27IN4O2. The lowest BCUT2D eigenvalue weighted by atomic mass is 10.5. The summed E-state index contributed by atoms with van der Waals surface area (Å²) in [4.78, 5) is 17.2. The average molecular weight is 386 g/mol. The molecule has 0 radical (unpaired) electrons. The van der Waals surface area contributed by atoms with Gasteiger partial charge in [0.05, 0.1) is 6.61 Å². The first-order valence-electron chi connectivity index (χ1n) is 6.41. The summed E-state index contributed by atoms with van der Waals surface area (Å²) < 4.78 is 5.23. The summed E-state index contributed by atoms with van der Waals surface area (Å²) in [5.41, 5.74) is 0. The molecule has 0 aromatic carbocycles. The summed E-state index contributed by atoms with van der Waals surface area (Å²) in [5, 5.41) is 6.28. The van der Waals surface area contributed by atoms with Crippen molar-refractivity contribution in [2.75, 3.05) is 46.9 Å². The van der Waals surface area contributed by atoms with Crippen LogP contribution in [0.25, 0.3) is 0 Å². The Hall–Kier alpha value is -0.570. The van der Waals surface area contributed by atoms with Crippen LogP contribution >= 0.6 is 24.0 Å². The highest BCUT2D eigenvalue weighted by molar-refractivity contribution is 14.0. The second-order valence-corrected chi connectivity index (χ2v) is 4.00. The van der Waals surface area contributed by atoms with Crippen LogP contribution in [-0.4, -0.2) is 63.7 Å². The number of carbonyl (C=O) groups excluding carboxylic acids is 1. The van der Waals surface area contributed by atoms with Gasteiger partial charge in [-0.25, -0.2) is 4.99 Å². The van der Waals surface area contributed by atoms with Crippen molar-refractivity contribution in [1.82, 2.24) is 15.5 Å². The Kier molecular flexibility index (Phi) is 15.1. The lowest BCUT2D eigenvalue weighted by Gasteiger charge is -2.13. The van der Waals surface area contributed by atoms with Gasteiger partial charge in [-0.05, 0) is 13.3 Å². The summed E-state index contributed by atoms with van der Waals surface area (Å²) in [6.45, 7) is 7.04. The van der Waals surface area contributed by atoms with Gasteiger partial charge in [0.25, 0.3) is 0 Å². The van der Waals surface area contributed by atoms with Crippen LogP contribution in [0.15, 0.2) is 4.99 Å². The minimum Gasteiger partial charge on any atom is -0.380 e. The van der Waals surface area contributed by atoms with Crippen LogP contribution in [0.5, 0.6) is 0 Å². The summed E-state index contributed by atoms with van der Waals surface area (Å²) in [5.74, 6) is 0.643. The molecule has 0 saturated heterocycles. The van der Waals surface area contributed by atoms with Gasteiger partial charge in [-0.2, -0.15) is 0 Å². The number of likely N-dealkylation sites (N-methyl/N-ethyl adjacent to an activating group) is 1. The number of nitrogens with zero attached hydrogens (tertiary/aromatic N) is 2. The maximum absolute atomic E-state index is 11.4. The smallest absolute Gasteiger partial charge is 0.243 e. The van der Waals surface area contributed by atoms with E-state index >= 15 is 0 Å². The molecule has 0 aromatic rings. The number of hydrogen-bond donors (Lipinski definition) is 2. The van der Waals surface area contributed by atoms with Gasteiger partial charge in [-0.3, -0.25) is 4.79 Å². The molecule has 0 fully saturated rings.